The third-order valence-electron chi connectivity index (χ3n) is 2.18. The van der Waals surface area contributed by atoms with E-state index in [1.807, 2.05) is 13.1 Å². The zero-order valence-electron chi connectivity index (χ0n) is 9.07. The maximum atomic E-state index is 5.67. The number of hydrogen-bond acceptors (Lipinski definition) is 4. The van der Waals surface area contributed by atoms with Crippen LogP contribution < -0.4 is 10.6 Å². The Morgan fingerprint density at radius 2 is 2.21 bits per heavy atom. The lowest BCUT2D eigenvalue weighted by molar-refractivity contribution is 0.384. The van der Waals surface area contributed by atoms with Gasteiger partial charge in [-0.2, -0.15) is 0 Å². The van der Waals surface area contributed by atoms with Crippen molar-refractivity contribution in [3.05, 3.63) is 18.6 Å². The van der Waals surface area contributed by atoms with Crippen molar-refractivity contribution in [2.75, 3.05) is 25.0 Å². The number of nitrogens with two attached hydrogens (primary N) is 1. The Labute approximate surface area is 85.2 Å². The van der Waals surface area contributed by atoms with Gasteiger partial charge in [-0.15, -0.1) is 0 Å². The predicted octanol–water partition coefficient (Wildman–Crippen LogP) is 0.898. The Bertz CT molecular complexity index is 271. The molecule has 0 atom stereocenters. The minimum atomic E-state index is 0.111. The molecule has 2 N–H and O–H groups in total. The van der Waals surface area contributed by atoms with Gasteiger partial charge in [-0.3, -0.25) is 0 Å². The third kappa shape index (κ3) is 2.96. The molecule has 0 bridgehead atoms. The largest absolute Gasteiger partial charge is 0.359 e. The van der Waals surface area contributed by atoms with Gasteiger partial charge in [0.1, 0.15) is 12.1 Å². The zero-order valence-corrected chi connectivity index (χ0v) is 9.07. The Hall–Kier alpha value is -1.16. The normalized spacial score (nSPS) is 11.4. The first-order valence-corrected chi connectivity index (χ1v) is 4.72. The second-order valence-corrected chi connectivity index (χ2v) is 4.29. The van der Waals surface area contributed by atoms with E-state index in [0.29, 0.717) is 6.54 Å². The highest BCUT2D eigenvalue weighted by atomic mass is 15.2. The fourth-order valence-electron chi connectivity index (χ4n) is 1.30. The summed E-state index contributed by atoms with van der Waals surface area (Å²) in [6, 6.07) is 1.90. The van der Waals surface area contributed by atoms with Gasteiger partial charge >= 0.3 is 0 Å². The van der Waals surface area contributed by atoms with Crippen molar-refractivity contribution in [3.63, 3.8) is 0 Å². The predicted molar refractivity (Wildman–Crippen MR) is 58.1 cm³/mol. The van der Waals surface area contributed by atoms with E-state index in [0.717, 1.165) is 12.4 Å². The summed E-state index contributed by atoms with van der Waals surface area (Å²) >= 11 is 0. The van der Waals surface area contributed by atoms with Crippen molar-refractivity contribution in [3.8, 4) is 0 Å². The molecule has 4 nitrogen and oxygen atoms in total. The van der Waals surface area contributed by atoms with Crippen LogP contribution in [0.2, 0.25) is 0 Å². The van der Waals surface area contributed by atoms with E-state index in [4.69, 9.17) is 5.73 Å². The van der Waals surface area contributed by atoms with Gasteiger partial charge < -0.3 is 10.6 Å². The molecule has 0 unspecified atom stereocenters. The fraction of sp³-hybridized carbons (Fsp3) is 0.600. The van der Waals surface area contributed by atoms with Crippen molar-refractivity contribution in [1.82, 2.24) is 9.97 Å². The molecule has 1 rings (SSSR count). The number of aromatic nitrogens is 2. The van der Waals surface area contributed by atoms with Crippen LogP contribution in [0.15, 0.2) is 18.6 Å². The van der Waals surface area contributed by atoms with Crippen LogP contribution in [0.4, 0.5) is 5.82 Å². The smallest absolute Gasteiger partial charge is 0.131 e. The van der Waals surface area contributed by atoms with Crippen LogP contribution in [0, 0.1) is 5.41 Å². The molecule has 0 spiro atoms. The number of rotatable bonds is 4. The molecule has 0 aromatic carbocycles. The van der Waals surface area contributed by atoms with Crippen LogP contribution >= 0.6 is 0 Å². The molecule has 1 aromatic rings. The van der Waals surface area contributed by atoms with Crippen molar-refractivity contribution < 1.29 is 0 Å². The first kappa shape index (κ1) is 10.9. The van der Waals surface area contributed by atoms with E-state index < -0.39 is 0 Å². The quantitative estimate of drug-likeness (QED) is 0.773. The van der Waals surface area contributed by atoms with E-state index in [1.165, 1.54) is 0 Å². The highest BCUT2D eigenvalue weighted by molar-refractivity contribution is 5.35. The van der Waals surface area contributed by atoms with E-state index in [9.17, 15) is 0 Å². The minimum Gasteiger partial charge on any atom is -0.359 e. The second kappa shape index (κ2) is 4.37. The minimum absolute atomic E-state index is 0.111. The molecule has 0 aliphatic carbocycles. The molecule has 1 aromatic heterocycles. The third-order valence-corrected chi connectivity index (χ3v) is 2.18. The molecule has 0 fully saturated rings. The second-order valence-electron chi connectivity index (χ2n) is 4.29. The Kier molecular flexibility index (Phi) is 3.41. The zero-order chi connectivity index (χ0) is 10.6. The Morgan fingerprint density at radius 3 is 2.71 bits per heavy atom. The van der Waals surface area contributed by atoms with Crippen molar-refractivity contribution in [2.24, 2.45) is 11.1 Å². The summed E-state index contributed by atoms with van der Waals surface area (Å²) < 4.78 is 0. The molecule has 0 aliphatic rings. The lowest BCUT2D eigenvalue weighted by atomic mass is 9.93. The van der Waals surface area contributed by atoms with Crippen molar-refractivity contribution >= 4 is 5.82 Å². The molecule has 1 heterocycles. The van der Waals surface area contributed by atoms with Gasteiger partial charge in [0.2, 0.25) is 0 Å². The molecule has 14 heavy (non-hydrogen) atoms. The Balaban J connectivity index is 2.64. The summed E-state index contributed by atoms with van der Waals surface area (Å²) in [4.78, 5) is 10.1. The lowest BCUT2D eigenvalue weighted by Crippen LogP contribution is -2.37. The average molecular weight is 194 g/mol. The van der Waals surface area contributed by atoms with E-state index in [2.05, 4.69) is 28.7 Å². The van der Waals surface area contributed by atoms with Crippen LogP contribution in [-0.2, 0) is 0 Å². The highest BCUT2D eigenvalue weighted by Gasteiger charge is 2.18. The first-order valence-electron chi connectivity index (χ1n) is 4.72. The SMILES string of the molecule is CN(CC(C)(C)CN)c1ccncn1. The summed E-state index contributed by atoms with van der Waals surface area (Å²) in [5.41, 5.74) is 5.78. The van der Waals surface area contributed by atoms with Gasteiger partial charge in [-0.1, -0.05) is 13.8 Å². The Morgan fingerprint density at radius 1 is 1.50 bits per heavy atom. The molecule has 4 heteroatoms. The molecule has 0 radical (unpaired) electrons. The van der Waals surface area contributed by atoms with E-state index >= 15 is 0 Å². The topological polar surface area (TPSA) is 55.0 Å². The first-order chi connectivity index (χ1) is 6.55. The highest BCUT2D eigenvalue weighted by Crippen LogP contribution is 2.17. The summed E-state index contributed by atoms with van der Waals surface area (Å²) in [5.74, 6) is 0.932. The number of hydrogen-bond donors (Lipinski definition) is 1. The molecular weight excluding hydrogens is 176 g/mol. The molecule has 0 saturated carbocycles. The summed E-state index contributed by atoms with van der Waals surface area (Å²) in [6.45, 7) is 5.85. The van der Waals surface area contributed by atoms with Gasteiger partial charge in [0.25, 0.3) is 0 Å². The molecule has 0 aliphatic heterocycles. The summed E-state index contributed by atoms with van der Waals surface area (Å²) in [6.07, 6.45) is 3.30. The van der Waals surface area contributed by atoms with Gasteiger partial charge in [-0.05, 0) is 18.0 Å². The number of anilines is 1. The van der Waals surface area contributed by atoms with Crippen LogP contribution in [0.25, 0.3) is 0 Å². The average Bonchev–Trinajstić information content (AvgIpc) is 2.19. The van der Waals surface area contributed by atoms with Crippen LogP contribution in [0.3, 0.4) is 0 Å². The van der Waals surface area contributed by atoms with Gasteiger partial charge in [0.15, 0.2) is 0 Å². The van der Waals surface area contributed by atoms with E-state index in [1.54, 1.807) is 12.5 Å². The standard InChI is InChI=1S/C10H18N4/c1-10(2,6-11)7-14(3)9-4-5-12-8-13-9/h4-5,8H,6-7,11H2,1-3H3. The molecule has 78 valence electrons. The van der Waals surface area contributed by atoms with Crippen LogP contribution in [-0.4, -0.2) is 30.1 Å². The maximum Gasteiger partial charge on any atom is 0.131 e. The lowest BCUT2D eigenvalue weighted by Gasteiger charge is -2.29. The van der Waals surface area contributed by atoms with Crippen molar-refractivity contribution in [2.45, 2.75) is 13.8 Å². The monoisotopic (exact) mass is 194 g/mol. The van der Waals surface area contributed by atoms with Crippen LogP contribution in [0.1, 0.15) is 13.8 Å². The fourth-order valence-corrected chi connectivity index (χ4v) is 1.30. The van der Waals surface area contributed by atoms with Gasteiger partial charge in [0, 0.05) is 19.8 Å². The summed E-state index contributed by atoms with van der Waals surface area (Å²) in [5, 5.41) is 0. The molecule has 0 amide bonds. The molecular formula is C10H18N4. The van der Waals surface area contributed by atoms with E-state index in [-0.39, 0.29) is 5.41 Å². The van der Waals surface area contributed by atoms with Gasteiger partial charge in [0.05, 0.1) is 0 Å². The molecule has 0 saturated heterocycles. The van der Waals surface area contributed by atoms with Crippen molar-refractivity contribution in [1.29, 1.82) is 0 Å². The number of nitrogens with zero attached hydrogens (tertiary/aromatic N) is 3. The summed E-state index contributed by atoms with van der Waals surface area (Å²) in [7, 11) is 2.01. The van der Waals surface area contributed by atoms with Crippen LogP contribution in [0.5, 0.6) is 0 Å². The van der Waals surface area contributed by atoms with Gasteiger partial charge in [-0.25, -0.2) is 9.97 Å². The maximum absolute atomic E-state index is 5.67.